The summed E-state index contributed by atoms with van der Waals surface area (Å²) in [5.41, 5.74) is 2.94. The number of aromatic nitrogens is 1. The Morgan fingerprint density at radius 3 is 2.28 bits per heavy atom. The fraction of sp³-hybridized carbons (Fsp3) is 0.194. The quantitative estimate of drug-likeness (QED) is 0.311. The van der Waals surface area contributed by atoms with Crippen LogP contribution in [0.15, 0.2) is 94.2 Å². The third-order valence-electron chi connectivity index (χ3n) is 6.29. The lowest BCUT2D eigenvalue weighted by Gasteiger charge is -2.26. The minimum Gasteiger partial charge on any atom is -0.497 e. The highest BCUT2D eigenvalue weighted by atomic mass is 32.1. The molecule has 4 aromatic rings. The molecule has 1 aliphatic heterocycles. The molecular weight excluding hydrogens is 512 g/mol. The molecule has 1 atom stereocenters. The van der Waals surface area contributed by atoms with Gasteiger partial charge < -0.3 is 14.2 Å². The van der Waals surface area contributed by atoms with Crippen LogP contribution >= 0.6 is 11.3 Å². The summed E-state index contributed by atoms with van der Waals surface area (Å²) >= 11 is 1.29. The molecule has 3 aromatic carbocycles. The number of benzene rings is 3. The van der Waals surface area contributed by atoms with E-state index in [-0.39, 0.29) is 12.2 Å². The highest BCUT2D eigenvalue weighted by Crippen LogP contribution is 2.35. The van der Waals surface area contributed by atoms with Gasteiger partial charge >= 0.3 is 5.97 Å². The van der Waals surface area contributed by atoms with E-state index in [4.69, 9.17) is 19.2 Å². The maximum absolute atomic E-state index is 13.9. The number of methoxy groups -OCH3 is 1. The molecule has 1 aliphatic rings. The fourth-order valence-electron chi connectivity index (χ4n) is 4.52. The van der Waals surface area contributed by atoms with Crippen LogP contribution in [0.5, 0.6) is 11.5 Å². The van der Waals surface area contributed by atoms with Crippen LogP contribution in [0.3, 0.4) is 0 Å². The number of carbonyl (C=O) groups is 1. The van der Waals surface area contributed by atoms with Gasteiger partial charge in [0.05, 0.1) is 42.2 Å². The molecule has 8 heteroatoms. The molecule has 0 saturated heterocycles. The summed E-state index contributed by atoms with van der Waals surface area (Å²) in [5, 5.41) is 0. The number of fused-ring (bicyclic) bond motifs is 1. The molecule has 0 spiro atoms. The fourth-order valence-corrected chi connectivity index (χ4v) is 5.52. The van der Waals surface area contributed by atoms with Crippen LogP contribution in [0.4, 0.5) is 0 Å². The molecule has 198 valence electrons. The topological polar surface area (TPSA) is 79.1 Å². The second-order valence-corrected chi connectivity index (χ2v) is 9.72. The van der Waals surface area contributed by atoms with Crippen molar-refractivity contribution >= 4 is 29.1 Å². The van der Waals surface area contributed by atoms with E-state index in [1.807, 2.05) is 91.9 Å². The molecule has 5 rings (SSSR count). The average Bonchev–Trinajstić information content (AvgIpc) is 3.28. The lowest BCUT2D eigenvalue weighted by Crippen LogP contribution is -2.40. The Hall–Kier alpha value is -4.43. The number of nitrogens with zero attached hydrogens (tertiary/aromatic N) is 2. The minimum absolute atomic E-state index is 0.196. The van der Waals surface area contributed by atoms with Gasteiger partial charge in [-0.05, 0) is 55.3 Å². The molecular formula is C31H28N2O5S. The first-order chi connectivity index (χ1) is 19.0. The largest absolute Gasteiger partial charge is 0.497 e. The maximum Gasteiger partial charge on any atom is 0.338 e. The summed E-state index contributed by atoms with van der Waals surface area (Å²) < 4.78 is 18.5. The SMILES string of the molecule is CCOC(=O)C1=C(c2ccccc2)N=c2s/c(=C\c3ccc(OCC)cc3)c(=O)n2[C@@H]1c1ccc(OC)cc1. The minimum atomic E-state index is -0.733. The molecule has 0 fully saturated rings. The first kappa shape index (κ1) is 26.2. The van der Waals surface area contributed by atoms with Crippen LogP contribution in [0.2, 0.25) is 0 Å². The first-order valence-corrected chi connectivity index (χ1v) is 13.5. The Labute approximate surface area is 229 Å². The second-order valence-electron chi connectivity index (χ2n) is 8.71. The lowest BCUT2D eigenvalue weighted by molar-refractivity contribution is -0.138. The van der Waals surface area contributed by atoms with Crippen molar-refractivity contribution in [1.82, 2.24) is 4.57 Å². The smallest absolute Gasteiger partial charge is 0.338 e. The zero-order valence-corrected chi connectivity index (χ0v) is 22.7. The van der Waals surface area contributed by atoms with Crippen molar-refractivity contribution in [2.75, 3.05) is 20.3 Å². The van der Waals surface area contributed by atoms with Gasteiger partial charge in [-0.1, -0.05) is 65.9 Å². The summed E-state index contributed by atoms with van der Waals surface area (Å²) in [7, 11) is 1.59. The number of hydrogen-bond donors (Lipinski definition) is 0. The summed E-state index contributed by atoms with van der Waals surface area (Å²) in [6.07, 6.45) is 1.83. The van der Waals surface area contributed by atoms with E-state index in [1.165, 1.54) is 11.3 Å². The zero-order chi connectivity index (χ0) is 27.4. The zero-order valence-electron chi connectivity index (χ0n) is 21.9. The summed E-state index contributed by atoms with van der Waals surface area (Å²) in [4.78, 5) is 32.8. The first-order valence-electron chi connectivity index (χ1n) is 12.7. The van der Waals surface area contributed by atoms with Crippen LogP contribution in [0, 0.1) is 0 Å². The Balaban J connectivity index is 1.76. The monoisotopic (exact) mass is 540 g/mol. The molecule has 7 nitrogen and oxygen atoms in total. The molecule has 0 amide bonds. The van der Waals surface area contributed by atoms with Crippen molar-refractivity contribution in [1.29, 1.82) is 0 Å². The summed E-state index contributed by atoms with van der Waals surface area (Å²) in [5.74, 6) is 0.926. The van der Waals surface area contributed by atoms with Crippen molar-refractivity contribution in [2.45, 2.75) is 19.9 Å². The third-order valence-corrected chi connectivity index (χ3v) is 7.28. The Kier molecular flexibility index (Phi) is 7.74. The molecule has 1 aromatic heterocycles. The van der Waals surface area contributed by atoms with E-state index in [9.17, 15) is 9.59 Å². The Morgan fingerprint density at radius 1 is 0.949 bits per heavy atom. The number of rotatable bonds is 8. The Morgan fingerprint density at radius 2 is 1.64 bits per heavy atom. The molecule has 2 heterocycles. The predicted octanol–water partition coefficient (Wildman–Crippen LogP) is 4.34. The van der Waals surface area contributed by atoms with E-state index in [0.717, 1.165) is 22.4 Å². The predicted molar refractivity (Wildman–Crippen MR) is 152 cm³/mol. The third kappa shape index (κ3) is 5.28. The summed E-state index contributed by atoms with van der Waals surface area (Å²) in [6, 6.07) is 23.7. The van der Waals surface area contributed by atoms with Crippen LogP contribution in [0.1, 0.15) is 36.6 Å². The number of carbonyl (C=O) groups excluding carboxylic acids is 1. The van der Waals surface area contributed by atoms with Crippen molar-refractivity contribution in [3.05, 3.63) is 121 Å². The molecule has 0 N–H and O–H groups in total. The molecule has 0 radical (unpaired) electrons. The second kappa shape index (κ2) is 11.5. The van der Waals surface area contributed by atoms with Crippen LogP contribution in [0.25, 0.3) is 11.8 Å². The Bertz CT molecular complexity index is 1690. The van der Waals surface area contributed by atoms with Crippen LogP contribution < -0.4 is 24.4 Å². The number of thiazole rings is 1. The number of hydrogen-bond acceptors (Lipinski definition) is 7. The van der Waals surface area contributed by atoms with Crippen LogP contribution in [-0.4, -0.2) is 30.9 Å². The normalized spacial score (nSPS) is 14.9. The van der Waals surface area contributed by atoms with Crippen molar-refractivity contribution in [2.24, 2.45) is 4.99 Å². The molecule has 39 heavy (non-hydrogen) atoms. The van der Waals surface area contributed by atoms with E-state index in [0.29, 0.717) is 33.0 Å². The van der Waals surface area contributed by atoms with E-state index < -0.39 is 12.0 Å². The van der Waals surface area contributed by atoms with E-state index in [2.05, 4.69) is 0 Å². The standard InChI is InChI=1S/C31H28N2O5S/c1-4-37-24-15-11-20(12-16-24)19-25-29(34)33-28(22-13-17-23(36-3)18-14-22)26(30(35)38-5-2)27(32-31(33)39-25)21-9-7-6-8-10-21/h6-19,28H,4-5H2,1-3H3/b25-19-/t28-/m1/s1. The molecule has 0 aliphatic carbocycles. The van der Waals surface area contributed by atoms with Gasteiger partial charge in [0.2, 0.25) is 0 Å². The number of esters is 1. The van der Waals surface area contributed by atoms with E-state index in [1.54, 1.807) is 18.6 Å². The van der Waals surface area contributed by atoms with Gasteiger partial charge in [-0.25, -0.2) is 9.79 Å². The molecule has 0 unspecified atom stereocenters. The molecule has 0 bridgehead atoms. The lowest BCUT2D eigenvalue weighted by atomic mass is 9.93. The molecule has 0 saturated carbocycles. The van der Waals surface area contributed by atoms with E-state index >= 15 is 0 Å². The highest BCUT2D eigenvalue weighted by molar-refractivity contribution is 7.07. The van der Waals surface area contributed by atoms with Gasteiger partial charge in [0.1, 0.15) is 11.5 Å². The van der Waals surface area contributed by atoms with Crippen molar-refractivity contribution in [3.8, 4) is 11.5 Å². The van der Waals surface area contributed by atoms with Crippen molar-refractivity contribution < 1.29 is 19.0 Å². The van der Waals surface area contributed by atoms with Gasteiger partial charge in [0, 0.05) is 5.56 Å². The van der Waals surface area contributed by atoms with Crippen LogP contribution in [-0.2, 0) is 9.53 Å². The average molecular weight is 541 g/mol. The maximum atomic E-state index is 13.9. The summed E-state index contributed by atoms with van der Waals surface area (Å²) in [6.45, 7) is 4.47. The van der Waals surface area contributed by atoms with Gasteiger partial charge in [-0.15, -0.1) is 0 Å². The van der Waals surface area contributed by atoms with Gasteiger partial charge in [-0.2, -0.15) is 0 Å². The van der Waals surface area contributed by atoms with Crippen molar-refractivity contribution in [3.63, 3.8) is 0 Å². The highest BCUT2D eigenvalue weighted by Gasteiger charge is 2.35. The van der Waals surface area contributed by atoms with Gasteiger partial charge in [0.25, 0.3) is 5.56 Å². The van der Waals surface area contributed by atoms with Gasteiger partial charge in [0.15, 0.2) is 4.80 Å². The number of ether oxygens (including phenoxy) is 3. The van der Waals surface area contributed by atoms with Gasteiger partial charge in [-0.3, -0.25) is 9.36 Å².